The van der Waals surface area contributed by atoms with Gasteiger partial charge in [0.05, 0.1) is 10.7 Å². The average molecular weight is 334 g/mol. The molecule has 0 unspecified atom stereocenters. The van der Waals surface area contributed by atoms with Gasteiger partial charge in [0.1, 0.15) is 4.90 Å². The van der Waals surface area contributed by atoms with E-state index >= 15 is 0 Å². The number of nitrogens with two attached hydrogens (primary N) is 1. The molecule has 0 aliphatic heterocycles. The zero-order valence-electron chi connectivity index (χ0n) is 12.2. The summed E-state index contributed by atoms with van der Waals surface area (Å²) in [5.41, 5.74) is 5.35. The lowest BCUT2D eigenvalue weighted by molar-refractivity contribution is -0.122. The number of amides is 1. The van der Waals surface area contributed by atoms with E-state index in [4.69, 9.17) is 17.3 Å². The average Bonchev–Trinajstić information content (AvgIpc) is 2.25. The fourth-order valence-electron chi connectivity index (χ4n) is 1.66. The lowest BCUT2D eigenvalue weighted by atomic mass is 10.1. The summed E-state index contributed by atoms with van der Waals surface area (Å²) in [6.45, 7) is 5.51. The van der Waals surface area contributed by atoms with Crippen LogP contribution in [0.15, 0.2) is 23.1 Å². The zero-order chi connectivity index (χ0) is 16.3. The summed E-state index contributed by atoms with van der Waals surface area (Å²) in [7, 11) is -3.85. The van der Waals surface area contributed by atoms with Crippen LogP contribution in [0, 0.1) is 0 Å². The molecule has 0 heterocycles. The Morgan fingerprint density at radius 3 is 2.48 bits per heavy atom. The second-order valence-corrected chi connectivity index (χ2v) is 7.72. The van der Waals surface area contributed by atoms with Crippen LogP contribution in [0.5, 0.6) is 0 Å². The molecular weight excluding hydrogens is 314 g/mol. The van der Waals surface area contributed by atoms with Crippen LogP contribution in [0.3, 0.4) is 0 Å². The van der Waals surface area contributed by atoms with Gasteiger partial charge >= 0.3 is 0 Å². The molecule has 0 saturated heterocycles. The van der Waals surface area contributed by atoms with Gasteiger partial charge in [-0.15, -0.1) is 0 Å². The van der Waals surface area contributed by atoms with Gasteiger partial charge in [0.15, 0.2) is 0 Å². The quantitative estimate of drug-likeness (QED) is 0.711. The molecule has 118 valence electrons. The molecule has 8 heteroatoms. The minimum atomic E-state index is -3.85. The van der Waals surface area contributed by atoms with E-state index < -0.39 is 10.0 Å². The van der Waals surface area contributed by atoms with Crippen molar-refractivity contribution in [1.29, 1.82) is 0 Å². The summed E-state index contributed by atoms with van der Waals surface area (Å²) >= 11 is 5.86. The highest BCUT2D eigenvalue weighted by molar-refractivity contribution is 7.89. The lowest BCUT2D eigenvalue weighted by Gasteiger charge is -2.20. The summed E-state index contributed by atoms with van der Waals surface area (Å²) in [5, 5.41) is 2.79. The highest BCUT2D eigenvalue weighted by Crippen LogP contribution is 2.26. The van der Waals surface area contributed by atoms with Gasteiger partial charge in [-0.1, -0.05) is 17.7 Å². The molecule has 0 aromatic heterocycles. The minimum absolute atomic E-state index is 0.0286. The molecule has 1 aromatic rings. The molecule has 0 bridgehead atoms. The SMILES string of the molecule is CC(C)(C)NC(=O)CCNS(=O)(=O)c1c(N)cccc1Cl. The van der Waals surface area contributed by atoms with Crippen LogP contribution >= 0.6 is 11.6 Å². The minimum Gasteiger partial charge on any atom is -0.398 e. The fourth-order valence-corrected chi connectivity index (χ4v) is 3.37. The molecule has 0 aliphatic rings. The van der Waals surface area contributed by atoms with Crippen LogP contribution in [-0.4, -0.2) is 26.4 Å². The molecule has 0 aliphatic carbocycles. The van der Waals surface area contributed by atoms with E-state index in [9.17, 15) is 13.2 Å². The fraction of sp³-hybridized carbons (Fsp3) is 0.462. The lowest BCUT2D eigenvalue weighted by Crippen LogP contribution is -2.42. The summed E-state index contributed by atoms with van der Waals surface area (Å²) < 4.78 is 26.6. The van der Waals surface area contributed by atoms with E-state index in [0.29, 0.717) is 0 Å². The second-order valence-electron chi connectivity index (χ2n) is 5.60. The third kappa shape index (κ3) is 5.53. The van der Waals surface area contributed by atoms with Crippen molar-refractivity contribution in [1.82, 2.24) is 10.0 Å². The summed E-state index contributed by atoms with van der Waals surface area (Å²) in [5.74, 6) is -0.239. The van der Waals surface area contributed by atoms with Crippen molar-refractivity contribution in [2.24, 2.45) is 0 Å². The van der Waals surface area contributed by atoms with Crippen molar-refractivity contribution in [2.75, 3.05) is 12.3 Å². The van der Waals surface area contributed by atoms with E-state index in [1.807, 2.05) is 20.8 Å². The van der Waals surface area contributed by atoms with Gasteiger partial charge in [-0.3, -0.25) is 4.79 Å². The van der Waals surface area contributed by atoms with E-state index in [0.717, 1.165) is 0 Å². The van der Waals surface area contributed by atoms with Crippen LogP contribution in [0.1, 0.15) is 27.2 Å². The van der Waals surface area contributed by atoms with Gasteiger partial charge in [0, 0.05) is 18.5 Å². The number of benzene rings is 1. The highest BCUT2D eigenvalue weighted by Gasteiger charge is 2.21. The summed E-state index contributed by atoms with van der Waals surface area (Å²) in [6, 6.07) is 4.46. The van der Waals surface area contributed by atoms with Crippen molar-refractivity contribution in [2.45, 2.75) is 37.6 Å². The van der Waals surface area contributed by atoms with Crippen LogP contribution in [0.2, 0.25) is 5.02 Å². The third-order valence-corrected chi connectivity index (χ3v) is 4.43. The summed E-state index contributed by atoms with van der Waals surface area (Å²) in [6.07, 6.45) is 0.0286. The first-order valence-electron chi connectivity index (χ1n) is 6.37. The van der Waals surface area contributed by atoms with Gasteiger partial charge < -0.3 is 11.1 Å². The molecule has 0 fully saturated rings. The highest BCUT2D eigenvalue weighted by atomic mass is 35.5. The number of nitrogens with one attached hydrogen (secondary N) is 2. The standard InChI is InChI=1S/C13H20ClN3O3S/c1-13(2,3)17-11(18)7-8-16-21(19,20)12-9(14)5-4-6-10(12)15/h4-6,16H,7-8,15H2,1-3H3,(H,17,18). The molecule has 0 radical (unpaired) electrons. The van der Waals surface area contributed by atoms with E-state index in [1.54, 1.807) is 6.07 Å². The van der Waals surface area contributed by atoms with Gasteiger partial charge in [-0.05, 0) is 32.9 Å². The molecule has 0 spiro atoms. The predicted octanol–water partition coefficient (Wildman–Crippen LogP) is 1.51. The number of anilines is 1. The van der Waals surface area contributed by atoms with Gasteiger partial charge in [-0.25, -0.2) is 13.1 Å². The molecule has 21 heavy (non-hydrogen) atoms. The number of carbonyl (C=O) groups is 1. The van der Waals surface area contributed by atoms with Crippen molar-refractivity contribution < 1.29 is 13.2 Å². The van der Waals surface area contributed by atoms with Gasteiger partial charge in [0.25, 0.3) is 0 Å². The van der Waals surface area contributed by atoms with Crippen molar-refractivity contribution >= 4 is 33.2 Å². The molecule has 6 nitrogen and oxygen atoms in total. The maximum Gasteiger partial charge on any atom is 0.244 e. The van der Waals surface area contributed by atoms with E-state index in [2.05, 4.69) is 10.0 Å². The monoisotopic (exact) mass is 333 g/mol. The molecular formula is C13H20ClN3O3S. The molecule has 4 N–H and O–H groups in total. The van der Waals surface area contributed by atoms with Crippen LogP contribution in [0.25, 0.3) is 0 Å². The predicted molar refractivity (Wildman–Crippen MR) is 83.6 cm³/mol. The van der Waals surface area contributed by atoms with Crippen molar-refractivity contribution in [3.63, 3.8) is 0 Å². The molecule has 1 amide bonds. The second kappa shape index (κ2) is 6.64. The third-order valence-electron chi connectivity index (χ3n) is 2.42. The van der Waals surface area contributed by atoms with E-state index in [-0.39, 0.29) is 40.0 Å². The van der Waals surface area contributed by atoms with Crippen molar-refractivity contribution in [3.8, 4) is 0 Å². The molecule has 1 rings (SSSR count). The topological polar surface area (TPSA) is 101 Å². The Morgan fingerprint density at radius 2 is 1.95 bits per heavy atom. The zero-order valence-corrected chi connectivity index (χ0v) is 13.8. The largest absolute Gasteiger partial charge is 0.398 e. The van der Waals surface area contributed by atoms with E-state index in [1.165, 1.54) is 12.1 Å². The van der Waals surface area contributed by atoms with Gasteiger partial charge in [0.2, 0.25) is 15.9 Å². The van der Waals surface area contributed by atoms with Crippen molar-refractivity contribution in [3.05, 3.63) is 23.2 Å². The maximum absolute atomic E-state index is 12.1. The number of hydrogen-bond donors (Lipinski definition) is 3. The Labute approximate surface area is 130 Å². The number of rotatable bonds is 5. The Kier molecular flexibility index (Phi) is 5.61. The number of sulfonamides is 1. The van der Waals surface area contributed by atoms with Crippen LogP contribution in [0.4, 0.5) is 5.69 Å². The Balaban J connectivity index is 2.69. The first-order valence-corrected chi connectivity index (χ1v) is 8.24. The van der Waals surface area contributed by atoms with Crippen LogP contribution in [-0.2, 0) is 14.8 Å². The first kappa shape index (κ1) is 17.7. The first-order chi connectivity index (χ1) is 9.53. The molecule has 0 atom stereocenters. The molecule has 1 aromatic carbocycles. The summed E-state index contributed by atoms with van der Waals surface area (Å²) in [4.78, 5) is 11.5. The Bertz CT molecular complexity index is 604. The molecule has 0 saturated carbocycles. The number of carbonyl (C=O) groups excluding carboxylic acids is 1. The normalized spacial score (nSPS) is 12.2. The Hall–Kier alpha value is -1.31. The Morgan fingerprint density at radius 1 is 1.33 bits per heavy atom. The van der Waals surface area contributed by atoms with Crippen LogP contribution < -0.4 is 15.8 Å². The van der Waals surface area contributed by atoms with Gasteiger partial charge in [-0.2, -0.15) is 0 Å². The number of halogens is 1. The maximum atomic E-state index is 12.1. The number of nitrogen functional groups attached to an aromatic ring is 1. The number of hydrogen-bond acceptors (Lipinski definition) is 4. The smallest absolute Gasteiger partial charge is 0.244 e.